The minimum atomic E-state index is 0.0494. The Morgan fingerprint density at radius 1 is 1.26 bits per heavy atom. The SMILES string of the molecule is O=C(c1cccc(-n2cnnn2)c1)N(CCc1cccs1)C1CCOCC1. The van der Waals surface area contributed by atoms with Crippen LogP contribution in [-0.4, -0.2) is 56.8 Å². The standard InChI is InChI=1S/C19H21N5O2S/c25-19(15-3-1-4-17(13-15)24-14-20-21-22-24)23(16-7-10-26-11-8-16)9-6-18-5-2-12-27-18/h1-5,12-14,16H,6-11H2. The molecule has 140 valence electrons. The van der Waals surface area contributed by atoms with Gasteiger partial charge >= 0.3 is 0 Å². The van der Waals surface area contributed by atoms with Gasteiger partial charge in [0.1, 0.15) is 6.33 Å². The average Bonchev–Trinajstić information content (AvgIpc) is 3.43. The lowest BCUT2D eigenvalue weighted by Gasteiger charge is -2.34. The third-order valence-corrected chi connectivity index (χ3v) is 5.71. The molecule has 0 radical (unpaired) electrons. The number of tetrazole rings is 1. The van der Waals surface area contributed by atoms with E-state index in [2.05, 4.69) is 33.0 Å². The number of benzene rings is 1. The van der Waals surface area contributed by atoms with Gasteiger partial charge in [0.2, 0.25) is 0 Å². The van der Waals surface area contributed by atoms with Crippen LogP contribution in [0.2, 0.25) is 0 Å². The Balaban J connectivity index is 1.56. The topological polar surface area (TPSA) is 73.1 Å². The van der Waals surface area contributed by atoms with Gasteiger partial charge in [-0.25, -0.2) is 4.68 Å². The molecular formula is C19H21N5O2S. The van der Waals surface area contributed by atoms with E-state index >= 15 is 0 Å². The summed E-state index contributed by atoms with van der Waals surface area (Å²) in [7, 11) is 0. The summed E-state index contributed by atoms with van der Waals surface area (Å²) in [5.41, 5.74) is 1.43. The van der Waals surface area contributed by atoms with Crippen LogP contribution < -0.4 is 0 Å². The molecule has 1 amide bonds. The van der Waals surface area contributed by atoms with Crippen molar-refractivity contribution in [1.82, 2.24) is 25.1 Å². The van der Waals surface area contributed by atoms with Crippen molar-refractivity contribution in [3.63, 3.8) is 0 Å². The van der Waals surface area contributed by atoms with Crippen LogP contribution in [0.25, 0.3) is 5.69 Å². The van der Waals surface area contributed by atoms with Crippen LogP contribution in [0, 0.1) is 0 Å². The predicted molar refractivity (Wildman–Crippen MR) is 102 cm³/mol. The van der Waals surface area contributed by atoms with Crippen LogP contribution in [0.3, 0.4) is 0 Å². The number of ether oxygens (including phenoxy) is 1. The predicted octanol–water partition coefficient (Wildman–Crippen LogP) is 2.59. The van der Waals surface area contributed by atoms with E-state index in [9.17, 15) is 4.79 Å². The second kappa shape index (κ2) is 8.41. The number of carbonyl (C=O) groups is 1. The molecule has 3 aromatic rings. The number of carbonyl (C=O) groups excluding carboxylic acids is 1. The number of thiophene rings is 1. The summed E-state index contributed by atoms with van der Waals surface area (Å²) >= 11 is 1.73. The zero-order valence-electron chi connectivity index (χ0n) is 14.9. The number of nitrogens with zero attached hydrogens (tertiary/aromatic N) is 5. The monoisotopic (exact) mass is 383 g/mol. The largest absolute Gasteiger partial charge is 0.381 e. The molecule has 1 fully saturated rings. The Bertz CT molecular complexity index is 860. The lowest BCUT2D eigenvalue weighted by molar-refractivity contribution is 0.0294. The highest BCUT2D eigenvalue weighted by atomic mass is 32.1. The molecule has 1 saturated heterocycles. The van der Waals surface area contributed by atoms with Gasteiger partial charge in [-0.15, -0.1) is 16.4 Å². The maximum absolute atomic E-state index is 13.4. The van der Waals surface area contributed by atoms with Gasteiger partial charge in [0.05, 0.1) is 5.69 Å². The molecule has 0 saturated carbocycles. The van der Waals surface area contributed by atoms with Crippen molar-refractivity contribution >= 4 is 17.2 Å². The maximum atomic E-state index is 13.4. The van der Waals surface area contributed by atoms with Crippen molar-refractivity contribution in [2.45, 2.75) is 25.3 Å². The first-order valence-corrected chi connectivity index (χ1v) is 9.94. The van der Waals surface area contributed by atoms with E-state index < -0.39 is 0 Å². The molecule has 8 heteroatoms. The molecule has 27 heavy (non-hydrogen) atoms. The Labute approximate surface area is 161 Å². The highest BCUT2D eigenvalue weighted by Gasteiger charge is 2.26. The summed E-state index contributed by atoms with van der Waals surface area (Å²) in [5, 5.41) is 13.3. The molecule has 7 nitrogen and oxygen atoms in total. The summed E-state index contributed by atoms with van der Waals surface area (Å²) in [6.07, 6.45) is 4.15. The molecule has 3 heterocycles. The fourth-order valence-corrected chi connectivity index (χ4v) is 4.06. The van der Waals surface area contributed by atoms with Crippen LogP contribution in [0.1, 0.15) is 28.1 Å². The maximum Gasteiger partial charge on any atom is 0.254 e. The number of hydrogen-bond acceptors (Lipinski definition) is 6. The molecule has 1 aromatic carbocycles. The van der Waals surface area contributed by atoms with Gasteiger partial charge in [-0.1, -0.05) is 12.1 Å². The van der Waals surface area contributed by atoms with E-state index in [1.54, 1.807) is 16.0 Å². The van der Waals surface area contributed by atoms with Crippen LogP contribution >= 0.6 is 11.3 Å². The molecule has 0 atom stereocenters. The molecule has 0 unspecified atom stereocenters. The van der Waals surface area contributed by atoms with E-state index in [1.807, 2.05) is 29.2 Å². The van der Waals surface area contributed by atoms with Crippen molar-refractivity contribution in [1.29, 1.82) is 0 Å². The lowest BCUT2D eigenvalue weighted by Crippen LogP contribution is -2.44. The minimum Gasteiger partial charge on any atom is -0.381 e. The van der Waals surface area contributed by atoms with Crippen molar-refractivity contribution < 1.29 is 9.53 Å². The number of aromatic nitrogens is 4. The van der Waals surface area contributed by atoms with Crippen LogP contribution in [0.5, 0.6) is 0 Å². The second-order valence-corrected chi connectivity index (χ2v) is 7.51. The number of rotatable bonds is 6. The first-order valence-electron chi connectivity index (χ1n) is 9.06. The molecule has 1 aliphatic heterocycles. The third kappa shape index (κ3) is 4.23. The molecule has 4 rings (SSSR count). The fourth-order valence-electron chi connectivity index (χ4n) is 3.36. The van der Waals surface area contributed by atoms with Gasteiger partial charge < -0.3 is 9.64 Å². The molecule has 0 bridgehead atoms. The molecular weight excluding hydrogens is 362 g/mol. The summed E-state index contributed by atoms with van der Waals surface area (Å²) in [4.78, 5) is 16.7. The zero-order valence-corrected chi connectivity index (χ0v) is 15.7. The van der Waals surface area contributed by atoms with Crippen LogP contribution in [0.15, 0.2) is 48.1 Å². The number of hydrogen-bond donors (Lipinski definition) is 0. The zero-order chi connectivity index (χ0) is 18.5. The highest BCUT2D eigenvalue weighted by Crippen LogP contribution is 2.20. The average molecular weight is 383 g/mol. The van der Waals surface area contributed by atoms with Gasteiger partial charge in [-0.2, -0.15) is 0 Å². The summed E-state index contributed by atoms with van der Waals surface area (Å²) < 4.78 is 7.05. The Hall–Kier alpha value is -2.58. The van der Waals surface area contributed by atoms with Crippen molar-refractivity contribution in [3.05, 3.63) is 58.5 Å². The van der Waals surface area contributed by atoms with Gasteiger partial charge in [0.15, 0.2) is 0 Å². The van der Waals surface area contributed by atoms with E-state index in [1.165, 1.54) is 11.2 Å². The Kier molecular flexibility index (Phi) is 5.55. The van der Waals surface area contributed by atoms with Gasteiger partial charge in [-0.05, 0) is 59.3 Å². The van der Waals surface area contributed by atoms with Crippen LogP contribution in [0.4, 0.5) is 0 Å². The minimum absolute atomic E-state index is 0.0494. The Morgan fingerprint density at radius 2 is 2.15 bits per heavy atom. The highest BCUT2D eigenvalue weighted by molar-refractivity contribution is 7.09. The molecule has 0 aliphatic carbocycles. The smallest absolute Gasteiger partial charge is 0.254 e. The first-order chi connectivity index (χ1) is 13.3. The Morgan fingerprint density at radius 3 is 2.89 bits per heavy atom. The second-order valence-electron chi connectivity index (χ2n) is 6.48. The summed E-state index contributed by atoms with van der Waals surface area (Å²) in [5.74, 6) is 0.0494. The van der Waals surface area contributed by atoms with Gasteiger partial charge in [0, 0.05) is 36.2 Å². The molecule has 2 aromatic heterocycles. The van der Waals surface area contributed by atoms with Crippen molar-refractivity contribution in [2.24, 2.45) is 0 Å². The van der Waals surface area contributed by atoms with E-state index in [-0.39, 0.29) is 11.9 Å². The van der Waals surface area contributed by atoms with Gasteiger partial charge in [-0.3, -0.25) is 4.79 Å². The third-order valence-electron chi connectivity index (χ3n) is 4.78. The van der Waals surface area contributed by atoms with E-state index in [0.29, 0.717) is 25.3 Å². The lowest BCUT2D eigenvalue weighted by atomic mass is 10.0. The fraction of sp³-hybridized carbons (Fsp3) is 0.368. The normalized spacial score (nSPS) is 15.0. The van der Waals surface area contributed by atoms with E-state index in [0.717, 1.165) is 24.9 Å². The quantitative estimate of drug-likeness (QED) is 0.654. The molecule has 1 aliphatic rings. The van der Waals surface area contributed by atoms with Crippen molar-refractivity contribution in [2.75, 3.05) is 19.8 Å². The first kappa shape index (κ1) is 17.8. The molecule has 0 spiro atoms. The summed E-state index contributed by atoms with van der Waals surface area (Å²) in [6, 6.07) is 11.8. The summed E-state index contributed by atoms with van der Waals surface area (Å²) in [6.45, 7) is 2.12. The van der Waals surface area contributed by atoms with Crippen LogP contribution in [-0.2, 0) is 11.2 Å². The van der Waals surface area contributed by atoms with Crippen molar-refractivity contribution in [3.8, 4) is 5.69 Å². The van der Waals surface area contributed by atoms with E-state index in [4.69, 9.17) is 4.74 Å². The number of amides is 1. The molecule has 0 N–H and O–H groups in total. The van der Waals surface area contributed by atoms with Gasteiger partial charge in [0.25, 0.3) is 5.91 Å².